The molecule has 0 unspecified atom stereocenters. The van der Waals surface area contributed by atoms with E-state index in [2.05, 4.69) is 38.3 Å². The zero-order valence-electron chi connectivity index (χ0n) is 21.2. The van der Waals surface area contributed by atoms with Gasteiger partial charge in [0.2, 0.25) is 0 Å². The van der Waals surface area contributed by atoms with Crippen LogP contribution >= 0.6 is 15.9 Å². The molecule has 2 saturated heterocycles. The molecule has 3 aliphatic rings. The number of amides is 1. The van der Waals surface area contributed by atoms with E-state index >= 15 is 4.39 Å². The van der Waals surface area contributed by atoms with Gasteiger partial charge in [-0.15, -0.1) is 0 Å². The van der Waals surface area contributed by atoms with Gasteiger partial charge in [-0.25, -0.2) is 9.18 Å². The minimum absolute atomic E-state index is 0.00213. The first kappa shape index (κ1) is 25.5. The van der Waals surface area contributed by atoms with Crippen LogP contribution < -0.4 is 5.32 Å². The van der Waals surface area contributed by atoms with E-state index < -0.39 is 5.60 Å². The lowest BCUT2D eigenvalue weighted by molar-refractivity contribution is -0.105. The van der Waals surface area contributed by atoms with Crippen molar-refractivity contribution in [2.45, 2.75) is 57.5 Å². The van der Waals surface area contributed by atoms with Crippen LogP contribution in [0.1, 0.15) is 56.9 Å². The summed E-state index contributed by atoms with van der Waals surface area (Å²) in [6.07, 6.45) is 1.58. The molecule has 8 heteroatoms. The van der Waals surface area contributed by atoms with Crippen molar-refractivity contribution in [1.82, 2.24) is 9.80 Å². The topological polar surface area (TPSA) is 54.0 Å². The van der Waals surface area contributed by atoms with Gasteiger partial charge in [0, 0.05) is 48.7 Å². The molecule has 5 rings (SSSR count). The fourth-order valence-electron chi connectivity index (χ4n) is 5.64. The Kier molecular flexibility index (Phi) is 7.30. The van der Waals surface area contributed by atoms with Gasteiger partial charge < -0.3 is 19.7 Å². The number of hydrogen-bond donors (Lipinski definition) is 1. The van der Waals surface area contributed by atoms with Crippen molar-refractivity contribution >= 4 is 27.7 Å². The molecule has 6 nitrogen and oxygen atoms in total. The van der Waals surface area contributed by atoms with E-state index in [0.29, 0.717) is 18.8 Å². The van der Waals surface area contributed by atoms with Crippen molar-refractivity contribution in [3.63, 3.8) is 0 Å². The van der Waals surface area contributed by atoms with Gasteiger partial charge in [0.1, 0.15) is 11.4 Å². The van der Waals surface area contributed by atoms with Gasteiger partial charge in [0.25, 0.3) is 0 Å². The van der Waals surface area contributed by atoms with Crippen LogP contribution in [0, 0.1) is 11.7 Å². The van der Waals surface area contributed by atoms with Crippen molar-refractivity contribution in [2.24, 2.45) is 5.92 Å². The van der Waals surface area contributed by atoms with Crippen LogP contribution in [-0.2, 0) is 9.47 Å². The maximum Gasteiger partial charge on any atom is 0.410 e. The minimum Gasteiger partial charge on any atom is -0.444 e. The van der Waals surface area contributed by atoms with E-state index in [1.54, 1.807) is 4.90 Å². The first-order valence-corrected chi connectivity index (χ1v) is 13.6. The molecular formula is C28H35BrFN3O3. The largest absolute Gasteiger partial charge is 0.444 e. The van der Waals surface area contributed by atoms with Crippen molar-refractivity contribution in [1.29, 1.82) is 0 Å². The quantitative estimate of drug-likeness (QED) is 0.489. The number of benzene rings is 2. The molecule has 0 saturated carbocycles. The number of fused-ring (bicyclic) bond motifs is 3. The fourth-order valence-corrected chi connectivity index (χ4v) is 6.08. The van der Waals surface area contributed by atoms with Crippen LogP contribution in [0.3, 0.4) is 0 Å². The molecule has 3 heterocycles. The summed E-state index contributed by atoms with van der Waals surface area (Å²) < 4.78 is 28.1. The molecule has 1 N–H and O–H groups in total. The molecule has 4 atom stereocenters. The predicted octanol–water partition coefficient (Wildman–Crippen LogP) is 6.14. The summed E-state index contributed by atoms with van der Waals surface area (Å²) >= 11 is 3.47. The number of nitrogens with one attached hydrogen (secondary N) is 1. The van der Waals surface area contributed by atoms with E-state index in [-0.39, 0.29) is 36.1 Å². The number of anilines is 1. The Morgan fingerprint density at radius 3 is 2.56 bits per heavy atom. The van der Waals surface area contributed by atoms with Crippen LogP contribution in [0.4, 0.5) is 14.9 Å². The van der Waals surface area contributed by atoms with Gasteiger partial charge in [-0.1, -0.05) is 46.3 Å². The van der Waals surface area contributed by atoms with Gasteiger partial charge in [-0.2, -0.15) is 0 Å². The Hall–Kier alpha value is -2.16. The Morgan fingerprint density at radius 2 is 1.86 bits per heavy atom. The number of ether oxygens (including phenoxy) is 2. The van der Waals surface area contributed by atoms with Gasteiger partial charge in [0.15, 0.2) is 0 Å². The Morgan fingerprint density at radius 1 is 1.14 bits per heavy atom. The Balaban J connectivity index is 1.28. The molecule has 0 spiro atoms. The average Bonchev–Trinajstić information content (AvgIpc) is 2.83. The lowest BCUT2D eigenvalue weighted by Gasteiger charge is -2.47. The predicted molar refractivity (Wildman–Crippen MR) is 141 cm³/mol. The normalized spacial score (nSPS) is 26.5. The van der Waals surface area contributed by atoms with E-state index in [0.717, 1.165) is 48.1 Å². The smallest absolute Gasteiger partial charge is 0.410 e. The number of halogens is 2. The van der Waals surface area contributed by atoms with Crippen LogP contribution in [0.15, 0.2) is 46.9 Å². The molecule has 2 aromatic carbocycles. The molecule has 3 aliphatic heterocycles. The molecule has 36 heavy (non-hydrogen) atoms. The highest BCUT2D eigenvalue weighted by Gasteiger charge is 2.43. The maximum atomic E-state index is 15.1. The highest BCUT2D eigenvalue weighted by molar-refractivity contribution is 9.10. The van der Waals surface area contributed by atoms with Crippen LogP contribution in [-0.4, -0.2) is 60.3 Å². The summed E-state index contributed by atoms with van der Waals surface area (Å²) in [7, 11) is 0. The average molecular weight is 561 g/mol. The van der Waals surface area contributed by atoms with Crippen LogP contribution in [0.5, 0.6) is 0 Å². The molecule has 194 valence electrons. The molecule has 0 radical (unpaired) electrons. The zero-order chi connectivity index (χ0) is 25.4. The standard InChI is InChI=1S/C28H35BrFN3O3/c1-28(2,3)36-27(34)33-13-11-32(12-14-33)17-20-9-10-21-24(18-7-5-4-6-8-18)31-25-22(26(21)35-20)15-19(29)16-23(25)30/h4-8,15-16,20-21,24,26,31H,9-14,17H2,1-3H3/t20-,21+,24+,26+/m1/s1. The monoisotopic (exact) mass is 559 g/mol. The summed E-state index contributed by atoms with van der Waals surface area (Å²) in [5.74, 6) is -0.0448. The van der Waals surface area contributed by atoms with E-state index in [1.807, 2.05) is 45.0 Å². The Bertz CT molecular complexity index is 1090. The lowest BCUT2D eigenvalue weighted by atomic mass is 9.76. The van der Waals surface area contributed by atoms with Gasteiger partial charge in [-0.3, -0.25) is 4.90 Å². The second-order valence-corrected chi connectivity index (χ2v) is 12.0. The second-order valence-electron chi connectivity index (χ2n) is 11.1. The first-order chi connectivity index (χ1) is 17.2. The summed E-state index contributed by atoms with van der Waals surface area (Å²) in [5, 5.41) is 3.50. The second kappa shape index (κ2) is 10.3. The molecule has 0 aromatic heterocycles. The summed E-state index contributed by atoms with van der Waals surface area (Å²) in [4.78, 5) is 16.6. The third kappa shape index (κ3) is 5.55. The maximum absolute atomic E-state index is 15.1. The lowest BCUT2D eigenvalue weighted by Crippen LogP contribution is -2.52. The highest BCUT2D eigenvalue weighted by Crippen LogP contribution is 2.51. The number of nitrogens with zero attached hydrogens (tertiary/aromatic N) is 2. The van der Waals surface area contributed by atoms with Crippen molar-refractivity contribution in [3.8, 4) is 0 Å². The molecule has 2 fully saturated rings. The van der Waals surface area contributed by atoms with Gasteiger partial charge in [0.05, 0.1) is 23.9 Å². The van der Waals surface area contributed by atoms with E-state index in [1.165, 1.54) is 6.07 Å². The van der Waals surface area contributed by atoms with Crippen molar-refractivity contribution in [3.05, 3.63) is 63.9 Å². The third-order valence-corrected chi connectivity index (χ3v) is 7.77. The van der Waals surface area contributed by atoms with Crippen molar-refractivity contribution < 1.29 is 18.7 Å². The summed E-state index contributed by atoms with van der Waals surface area (Å²) in [5.41, 5.74) is 2.09. The van der Waals surface area contributed by atoms with Gasteiger partial charge in [-0.05, 0) is 51.3 Å². The Labute approximate surface area is 221 Å². The van der Waals surface area contributed by atoms with Gasteiger partial charge >= 0.3 is 6.09 Å². The number of hydrogen-bond acceptors (Lipinski definition) is 5. The summed E-state index contributed by atoms with van der Waals surface area (Å²) in [6, 6.07) is 13.8. The highest BCUT2D eigenvalue weighted by atomic mass is 79.9. The van der Waals surface area contributed by atoms with Crippen molar-refractivity contribution in [2.75, 3.05) is 38.0 Å². The van der Waals surface area contributed by atoms with E-state index in [4.69, 9.17) is 9.47 Å². The molecular weight excluding hydrogens is 525 g/mol. The van der Waals surface area contributed by atoms with Crippen LogP contribution in [0.2, 0.25) is 0 Å². The summed E-state index contributed by atoms with van der Waals surface area (Å²) in [6.45, 7) is 9.35. The molecule has 0 aliphatic carbocycles. The first-order valence-electron chi connectivity index (χ1n) is 12.8. The van der Waals surface area contributed by atoms with Crippen LogP contribution in [0.25, 0.3) is 0 Å². The molecule has 1 amide bonds. The molecule has 0 bridgehead atoms. The SMILES string of the molecule is CC(C)(C)OC(=O)N1CCN(C[C@H]2CC[C@@H]3[C@H](O2)c2cc(Br)cc(F)c2N[C@H]3c2ccccc2)CC1. The third-order valence-electron chi connectivity index (χ3n) is 7.31. The van der Waals surface area contributed by atoms with E-state index in [9.17, 15) is 4.79 Å². The fraction of sp³-hybridized carbons (Fsp3) is 0.536. The number of rotatable bonds is 3. The minimum atomic E-state index is -0.488. The zero-order valence-corrected chi connectivity index (χ0v) is 22.8. The number of carbonyl (C=O) groups excluding carboxylic acids is 1. The molecule has 2 aromatic rings. The number of piperazine rings is 1. The number of carbonyl (C=O) groups is 1.